The first kappa shape index (κ1) is 11.4. The van der Waals surface area contributed by atoms with Gasteiger partial charge in [0.25, 0.3) is 0 Å². The molecule has 4 nitrogen and oxygen atoms in total. The first-order chi connectivity index (χ1) is 7.03. The Bertz CT molecular complexity index is 328. The van der Waals surface area contributed by atoms with Gasteiger partial charge < -0.3 is 5.11 Å². The largest absolute Gasteiger partial charge is 0.395 e. The lowest BCUT2D eigenvalue weighted by atomic mass is 10.0. The third kappa shape index (κ3) is 2.19. The smallest absolute Gasteiger partial charge is 0.151 e. The second kappa shape index (κ2) is 4.03. The minimum absolute atomic E-state index is 0.150. The Balaban J connectivity index is 2.06. The molecule has 2 aliphatic heterocycles. The molecule has 2 rings (SSSR count). The van der Waals surface area contributed by atoms with Gasteiger partial charge in [0.1, 0.15) is 0 Å². The normalized spacial score (nSPS) is 41.1. The van der Waals surface area contributed by atoms with Crippen molar-refractivity contribution in [3.63, 3.8) is 0 Å². The van der Waals surface area contributed by atoms with E-state index >= 15 is 0 Å². The molecule has 2 heterocycles. The minimum Gasteiger partial charge on any atom is -0.395 e. The Morgan fingerprint density at radius 2 is 2.13 bits per heavy atom. The van der Waals surface area contributed by atoms with E-state index in [1.165, 1.54) is 0 Å². The summed E-state index contributed by atoms with van der Waals surface area (Å²) in [6.07, 6.45) is 1.81. The molecule has 0 aliphatic carbocycles. The van der Waals surface area contributed by atoms with Crippen LogP contribution in [0, 0.1) is 5.92 Å². The second-order valence-corrected chi connectivity index (χ2v) is 7.04. The number of rotatable bonds is 2. The number of likely N-dealkylation sites (tertiary alicyclic amines) is 1. The van der Waals surface area contributed by atoms with Gasteiger partial charge in [-0.3, -0.25) is 4.90 Å². The predicted molar refractivity (Wildman–Crippen MR) is 58.4 cm³/mol. The topological polar surface area (TPSA) is 57.6 Å². The van der Waals surface area contributed by atoms with E-state index < -0.39 is 9.84 Å². The van der Waals surface area contributed by atoms with Crippen LogP contribution in [0.5, 0.6) is 0 Å². The van der Waals surface area contributed by atoms with Gasteiger partial charge in [0.05, 0.1) is 18.1 Å². The molecule has 0 aromatic heterocycles. The van der Waals surface area contributed by atoms with Gasteiger partial charge in [0, 0.05) is 12.1 Å². The molecule has 3 unspecified atom stereocenters. The summed E-state index contributed by atoms with van der Waals surface area (Å²) < 4.78 is 22.8. The summed E-state index contributed by atoms with van der Waals surface area (Å²) in [6.45, 7) is 3.22. The molecule has 0 aromatic carbocycles. The van der Waals surface area contributed by atoms with Gasteiger partial charge in [0.2, 0.25) is 0 Å². The van der Waals surface area contributed by atoms with Crippen molar-refractivity contribution in [2.24, 2.45) is 5.92 Å². The van der Waals surface area contributed by atoms with Gasteiger partial charge in [-0.15, -0.1) is 0 Å². The molecule has 2 aliphatic rings. The highest BCUT2D eigenvalue weighted by Gasteiger charge is 2.40. The van der Waals surface area contributed by atoms with Crippen LogP contribution < -0.4 is 0 Å². The molecular formula is C10H19NO3S. The molecule has 0 amide bonds. The van der Waals surface area contributed by atoms with Gasteiger partial charge in [-0.2, -0.15) is 0 Å². The molecule has 2 fully saturated rings. The fourth-order valence-corrected chi connectivity index (χ4v) is 4.56. The molecule has 0 radical (unpaired) electrons. The fourth-order valence-electron chi connectivity index (χ4n) is 2.81. The molecule has 0 bridgehead atoms. The summed E-state index contributed by atoms with van der Waals surface area (Å²) in [4.78, 5) is 2.20. The summed E-state index contributed by atoms with van der Waals surface area (Å²) in [7, 11) is -2.81. The summed E-state index contributed by atoms with van der Waals surface area (Å²) in [5, 5.41) is 9.31. The van der Waals surface area contributed by atoms with E-state index in [1.54, 1.807) is 0 Å². The summed E-state index contributed by atoms with van der Waals surface area (Å²) in [6, 6.07) is 0.320. The van der Waals surface area contributed by atoms with Crippen LogP contribution in [0.1, 0.15) is 19.8 Å². The monoisotopic (exact) mass is 233 g/mol. The predicted octanol–water partition coefficient (Wildman–Crippen LogP) is -0.124. The van der Waals surface area contributed by atoms with Crippen LogP contribution >= 0.6 is 0 Å². The molecule has 0 spiro atoms. The fraction of sp³-hybridized carbons (Fsp3) is 1.00. The minimum atomic E-state index is -2.81. The Hall–Kier alpha value is -0.130. The Labute approximate surface area is 91.2 Å². The lowest BCUT2D eigenvalue weighted by molar-refractivity contribution is 0.111. The number of hydrogen-bond donors (Lipinski definition) is 1. The SMILES string of the molecule is CC1CCN(C2CCS(=O)(=O)C2)C1CO. The Kier molecular flexibility index (Phi) is 3.05. The molecule has 15 heavy (non-hydrogen) atoms. The zero-order valence-corrected chi connectivity index (χ0v) is 9.91. The van der Waals surface area contributed by atoms with E-state index in [4.69, 9.17) is 0 Å². The molecule has 88 valence electrons. The van der Waals surface area contributed by atoms with Crippen molar-refractivity contribution in [3.05, 3.63) is 0 Å². The number of nitrogens with zero attached hydrogens (tertiary/aromatic N) is 1. The highest BCUT2D eigenvalue weighted by atomic mass is 32.2. The third-order valence-electron chi connectivity index (χ3n) is 3.79. The van der Waals surface area contributed by atoms with Crippen molar-refractivity contribution in [3.8, 4) is 0 Å². The van der Waals surface area contributed by atoms with Gasteiger partial charge in [0.15, 0.2) is 9.84 Å². The molecule has 1 N–H and O–H groups in total. The van der Waals surface area contributed by atoms with E-state index in [0.29, 0.717) is 11.7 Å². The first-order valence-corrected chi connectivity index (χ1v) is 7.42. The van der Waals surface area contributed by atoms with Gasteiger partial charge in [-0.05, 0) is 25.3 Å². The zero-order chi connectivity index (χ0) is 11.1. The van der Waals surface area contributed by atoms with Crippen LogP contribution in [0.25, 0.3) is 0 Å². The molecular weight excluding hydrogens is 214 g/mol. The van der Waals surface area contributed by atoms with Crippen LogP contribution in [0.4, 0.5) is 0 Å². The maximum absolute atomic E-state index is 11.4. The second-order valence-electron chi connectivity index (χ2n) is 4.81. The summed E-state index contributed by atoms with van der Waals surface area (Å²) >= 11 is 0. The number of aliphatic hydroxyl groups is 1. The quantitative estimate of drug-likeness (QED) is 0.722. The molecule has 5 heteroatoms. The lowest BCUT2D eigenvalue weighted by Crippen LogP contribution is -2.43. The van der Waals surface area contributed by atoms with Crippen molar-refractivity contribution >= 4 is 9.84 Å². The number of aliphatic hydroxyl groups excluding tert-OH is 1. The van der Waals surface area contributed by atoms with E-state index in [9.17, 15) is 13.5 Å². The molecule has 0 aromatic rings. The lowest BCUT2D eigenvalue weighted by Gasteiger charge is -2.29. The average molecular weight is 233 g/mol. The summed E-state index contributed by atoms with van der Waals surface area (Å²) in [5.41, 5.74) is 0. The number of hydrogen-bond acceptors (Lipinski definition) is 4. The van der Waals surface area contributed by atoms with Crippen molar-refractivity contribution in [2.45, 2.75) is 31.8 Å². The molecule has 0 saturated carbocycles. The van der Waals surface area contributed by atoms with Gasteiger partial charge >= 0.3 is 0 Å². The third-order valence-corrected chi connectivity index (χ3v) is 5.54. The maximum atomic E-state index is 11.4. The first-order valence-electron chi connectivity index (χ1n) is 5.60. The average Bonchev–Trinajstić information content (AvgIpc) is 2.69. The van der Waals surface area contributed by atoms with E-state index in [1.807, 2.05) is 0 Å². The van der Waals surface area contributed by atoms with Crippen molar-refractivity contribution < 1.29 is 13.5 Å². The van der Waals surface area contributed by atoms with Crippen LogP contribution in [-0.4, -0.2) is 55.2 Å². The van der Waals surface area contributed by atoms with Crippen LogP contribution in [0.2, 0.25) is 0 Å². The van der Waals surface area contributed by atoms with Crippen LogP contribution in [0.3, 0.4) is 0 Å². The van der Waals surface area contributed by atoms with E-state index in [0.717, 1.165) is 19.4 Å². The van der Waals surface area contributed by atoms with Gasteiger partial charge in [-0.1, -0.05) is 6.92 Å². The Morgan fingerprint density at radius 1 is 1.40 bits per heavy atom. The van der Waals surface area contributed by atoms with E-state index in [2.05, 4.69) is 11.8 Å². The van der Waals surface area contributed by atoms with Crippen molar-refractivity contribution in [1.29, 1.82) is 0 Å². The van der Waals surface area contributed by atoms with Crippen molar-refractivity contribution in [2.75, 3.05) is 24.7 Å². The summed E-state index contributed by atoms with van der Waals surface area (Å²) in [5.74, 6) is 1.09. The molecule has 3 atom stereocenters. The standard InChI is InChI=1S/C10H19NO3S/c1-8-2-4-11(10(8)6-12)9-3-5-15(13,14)7-9/h8-10,12H,2-7H2,1H3. The molecule has 2 saturated heterocycles. The highest BCUT2D eigenvalue weighted by molar-refractivity contribution is 7.91. The van der Waals surface area contributed by atoms with Crippen LogP contribution in [0.15, 0.2) is 0 Å². The highest BCUT2D eigenvalue weighted by Crippen LogP contribution is 2.29. The zero-order valence-electron chi connectivity index (χ0n) is 9.09. The van der Waals surface area contributed by atoms with Crippen LogP contribution in [-0.2, 0) is 9.84 Å². The maximum Gasteiger partial charge on any atom is 0.151 e. The van der Waals surface area contributed by atoms with Gasteiger partial charge in [-0.25, -0.2) is 8.42 Å². The Morgan fingerprint density at radius 3 is 2.67 bits per heavy atom. The van der Waals surface area contributed by atoms with E-state index in [-0.39, 0.29) is 24.4 Å². The number of sulfone groups is 1. The van der Waals surface area contributed by atoms with Crippen molar-refractivity contribution in [1.82, 2.24) is 4.90 Å².